The molecule has 5 rings (SSSR count). The average Bonchev–Trinajstić information content (AvgIpc) is 3.05. The molecule has 4 aliphatic carbocycles. The number of aliphatic hydroxyl groups is 8. The zero-order chi connectivity index (χ0) is 26.6. The lowest BCUT2D eigenvalue weighted by atomic mass is 9.62. The first-order valence-corrected chi connectivity index (χ1v) is 13.1. The second-order valence-corrected chi connectivity index (χ2v) is 13.0. The van der Waals surface area contributed by atoms with E-state index < -0.39 is 83.6 Å². The van der Waals surface area contributed by atoms with Gasteiger partial charge in [0.2, 0.25) is 0 Å². The summed E-state index contributed by atoms with van der Waals surface area (Å²) in [6, 6.07) is 0. The normalized spacial score (nSPS) is 58.3. The summed E-state index contributed by atoms with van der Waals surface area (Å²) in [5, 5.41) is 86.9. The maximum absolute atomic E-state index is 12.5. The second kappa shape index (κ2) is 8.42. The van der Waals surface area contributed by atoms with E-state index in [2.05, 4.69) is 6.58 Å². The van der Waals surface area contributed by atoms with E-state index >= 15 is 0 Å². The minimum absolute atomic E-state index is 0.0607. The standard InChI is InChI=1S/C26H42O10/c1-11-13-6-5-12-7-25(13,10-24(12,4)33)8-15(26(34)16(11)18(29)21(32)23(26,2)3)36-22-20(31)19(30)17(28)14(9-27)35-22/h12-22,27-34H,1,5-10H2,2-4H3/t12-,13+,14-,15-,16-,17-,18+,19+,20-,21+,22+,24-,25-,26-/m1/s1. The summed E-state index contributed by atoms with van der Waals surface area (Å²) in [5.74, 6) is -1.01. The molecule has 0 radical (unpaired) electrons. The number of rotatable bonds is 3. The van der Waals surface area contributed by atoms with Crippen molar-refractivity contribution in [3.05, 3.63) is 12.2 Å². The first kappa shape index (κ1) is 26.9. The van der Waals surface area contributed by atoms with Crippen LogP contribution in [0.5, 0.6) is 0 Å². The van der Waals surface area contributed by atoms with Gasteiger partial charge in [0.1, 0.15) is 30.0 Å². The molecule has 1 aliphatic heterocycles. The predicted molar refractivity (Wildman–Crippen MR) is 125 cm³/mol. The van der Waals surface area contributed by atoms with Crippen LogP contribution in [0.15, 0.2) is 12.2 Å². The maximum atomic E-state index is 12.5. The summed E-state index contributed by atoms with van der Waals surface area (Å²) < 4.78 is 11.9. The molecule has 206 valence electrons. The molecule has 8 N–H and O–H groups in total. The number of aliphatic hydroxyl groups excluding tert-OH is 6. The highest BCUT2D eigenvalue weighted by Crippen LogP contribution is 2.69. The molecule has 5 aliphatic rings. The fourth-order valence-corrected chi connectivity index (χ4v) is 8.73. The van der Waals surface area contributed by atoms with Crippen molar-refractivity contribution in [3.8, 4) is 0 Å². The predicted octanol–water partition coefficient (Wildman–Crippen LogP) is -1.20. The van der Waals surface area contributed by atoms with Gasteiger partial charge in [0.25, 0.3) is 0 Å². The highest BCUT2D eigenvalue weighted by Gasteiger charge is 2.73. The van der Waals surface area contributed by atoms with Gasteiger partial charge >= 0.3 is 0 Å². The zero-order valence-corrected chi connectivity index (χ0v) is 21.2. The topological polar surface area (TPSA) is 180 Å². The molecule has 1 saturated heterocycles. The molecule has 0 aromatic heterocycles. The molecule has 36 heavy (non-hydrogen) atoms. The van der Waals surface area contributed by atoms with Crippen LogP contribution in [0.25, 0.3) is 0 Å². The highest BCUT2D eigenvalue weighted by atomic mass is 16.7. The van der Waals surface area contributed by atoms with Crippen LogP contribution in [0.1, 0.15) is 52.9 Å². The van der Waals surface area contributed by atoms with Crippen LogP contribution in [0.3, 0.4) is 0 Å². The third-order valence-corrected chi connectivity index (χ3v) is 10.8. The summed E-state index contributed by atoms with van der Waals surface area (Å²) in [6.07, 6.45) is -8.39. The lowest BCUT2D eigenvalue weighted by molar-refractivity contribution is -0.333. The van der Waals surface area contributed by atoms with Crippen LogP contribution >= 0.6 is 0 Å². The summed E-state index contributed by atoms with van der Waals surface area (Å²) in [6.45, 7) is 8.85. The molecule has 0 aromatic carbocycles. The van der Waals surface area contributed by atoms with Gasteiger partial charge in [-0.2, -0.15) is 0 Å². The summed E-state index contributed by atoms with van der Waals surface area (Å²) >= 11 is 0. The van der Waals surface area contributed by atoms with E-state index in [1.165, 1.54) is 0 Å². The molecular formula is C26H42O10. The van der Waals surface area contributed by atoms with Gasteiger partial charge in [0.15, 0.2) is 6.29 Å². The van der Waals surface area contributed by atoms with E-state index in [-0.39, 0.29) is 18.3 Å². The Morgan fingerprint density at radius 2 is 1.61 bits per heavy atom. The molecule has 10 heteroatoms. The Kier molecular flexibility index (Phi) is 6.30. The molecule has 4 saturated carbocycles. The SMILES string of the molecule is C=C1[C@@H]2[C@H](O)[C@H](O)C(C)(C)[C@@]2(O)[C@H](O[C@@H]2O[C@H](CO)[C@@H](O)[C@H](O)[C@H]2O)C[C@@]23C[C@@H](CC[C@@H]12)[C@](C)(O)C3. The number of hydrogen-bond acceptors (Lipinski definition) is 10. The Morgan fingerprint density at radius 1 is 0.944 bits per heavy atom. The first-order valence-electron chi connectivity index (χ1n) is 13.1. The fraction of sp³-hybridized carbons (Fsp3) is 0.923. The Morgan fingerprint density at radius 3 is 2.25 bits per heavy atom. The van der Waals surface area contributed by atoms with Gasteiger partial charge in [-0.3, -0.25) is 0 Å². The molecule has 0 unspecified atom stereocenters. The lowest BCUT2D eigenvalue weighted by Crippen LogP contribution is -2.63. The van der Waals surface area contributed by atoms with Gasteiger partial charge in [0, 0.05) is 11.3 Å². The maximum Gasteiger partial charge on any atom is 0.187 e. The van der Waals surface area contributed by atoms with Crippen LogP contribution in [0, 0.1) is 28.6 Å². The molecule has 1 spiro atoms. The molecule has 0 amide bonds. The minimum atomic E-state index is -1.84. The van der Waals surface area contributed by atoms with E-state index in [9.17, 15) is 40.9 Å². The lowest BCUT2D eigenvalue weighted by Gasteiger charge is -2.49. The van der Waals surface area contributed by atoms with Gasteiger partial charge in [-0.05, 0) is 56.3 Å². The second-order valence-electron chi connectivity index (χ2n) is 13.0. The van der Waals surface area contributed by atoms with Crippen molar-refractivity contribution in [2.45, 2.75) is 113 Å². The van der Waals surface area contributed by atoms with E-state index in [1.54, 1.807) is 13.8 Å². The van der Waals surface area contributed by atoms with Crippen LogP contribution in [0.4, 0.5) is 0 Å². The van der Waals surface area contributed by atoms with Crippen molar-refractivity contribution in [1.29, 1.82) is 0 Å². The van der Waals surface area contributed by atoms with Gasteiger partial charge in [-0.1, -0.05) is 26.0 Å². The van der Waals surface area contributed by atoms with E-state index in [0.29, 0.717) is 18.4 Å². The Labute approximate surface area is 211 Å². The van der Waals surface area contributed by atoms with Crippen LogP contribution in [-0.4, -0.2) is 108 Å². The summed E-state index contributed by atoms with van der Waals surface area (Å²) in [5.41, 5.74) is -3.88. The summed E-state index contributed by atoms with van der Waals surface area (Å²) in [7, 11) is 0. The largest absolute Gasteiger partial charge is 0.394 e. The van der Waals surface area contributed by atoms with Crippen molar-refractivity contribution in [2.24, 2.45) is 28.6 Å². The zero-order valence-electron chi connectivity index (χ0n) is 21.2. The monoisotopic (exact) mass is 514 g/mol. The molecule has 2 bridgehead atoms. The molecule has 10 nitrogen and oxygen atoms in total. The van der Waals surface area contributed by atoms with E-state index in [4.69, 9.17) is 9.47 Å². The Hall–Kier alpha value is -0.660. The molecular weight excluding hydrogens is 472 g/mol. The Bertz CT molecular complexity index is 890. The number of hydrogen-bond donors (Lipinski definition) is 8. The summed E-state index contributed by atoms with van der Waals surface area (Å²) in [4.78, 5) is 0. The van der Waals surface area contributed by atoms with Gasteiger partial charge in [0.05, 0.1) is 30.5 Å². The molecule has 1 heterocycles. The third kappa shape index (κ3) is 3.40. The smallest absolute Gasteiger partial charge is 0.187 e. The van der Waals surface area contributed by atoms with Crippen LogP contribution < -0.4 is 0 Å². The highest BCUT2D eigenvalue weighted by molar-refractivity contribution is 5.32. The van der Waals surface area contributed by atoms with Crippen molar-refractivity contribution in [3.63, 3.8) is 0 Å². The van der Waals surface area contributed by atoms with Crippen LogP contribution in [0.2, 0.25) is 0 Å². The van der Waals surface area contributed by atoms with Crippen LogP contribution in [-0.2, 0) is 9.47 Å². The fourth-order valence-electron chi connectivity index (χ4n) is 8.73. The third-order valence-electron chi connectivity index (χ3n) is 10.8. The van der Waals surface area contributed by atoms with Crippen molar-refractivity contribution < 1.29 is 50.3 Å². The van der Waals surface area contributed by atoms with Gasteiger partial charge in [-0.25, -0.2) is 0 Å². The van der Waals surface area contributed by atoms with E-state index in [0.717, 1.165) is 12.8 Å². The molecule has 0 aromatic rings. The van der Waals surface area contributed by atoms with Crippen molar-refractivity contribution in [1.82, 2.24) is 0 Å². The van der Waals surface area contributed by atoms with Gasteiger partial charge in [-0.15, -0.1) is 0 Å². The minimum Gasteiger partial charge on any atom is -0.394 e. The van der Waals surface area contributed by atoms with Crippen molar-refractivity contribution in [2.75, 3.05) is 6.61 Å². The molecule has 14 atom stereocenters. The number of fused-ring (bicyclic) bond motifs is 2. The Balaban J connectivity index is 1.60. The van der Waals surface area contributed by atoms with E-state index in [1.807, 2.05) is 6.92 Å². The number of ether oxygens (including phenoxy) is 2. The van der Waals surface area contributed by atoms with Gasteiger partial charge < -0.3 is 50.3 Å². The average molecular weight is 515 g/mol. The van der Waals surface area contributed by atoms with Crippen molar-refractivity contribution >= 4 is 0 Å². The molecule has 5 fully saturated rings. The first-order chi connectivity index (χ1) is 16.6. The quantitative estimate of drug-likeness (QED) is 0.213.